The van der Waals surface area contributed by atoms with Crippen molar-refractivity contribution in [1.82, 2.24) is 0 Å². The number of hydrogen-bond donors (Lipinski definition) is 1. The predicted molar refractivity (Wildman–Crippen MR) is 49.0 cm³/mol. The summed E-state index contributed by atoms with van der Waals surface area (Å²) in [6.45, 7) is 0. The van der Waals surface area contributed by atoms with E-state index >= 15 is 0 Å². The molecule has 1 aromatic carbocycles. The second kappa shape index (κ2) is 3.89. The summed E-state index contributed by atoms with van der Waals surface area (Å²) < 4.78 is 0. The van der Waals surface area contributed by atoms with Crippen LogP contribution in [-0.4, -0.2) is 5.75 Å². The average molecular weight is 173 g/mol. The summed E-state index contributed by atoms with van der Waals surface area (Å²) in [5.41, 5.74) is 1.18. The number of halogens is 1. The molecule has 0 aromatic heterocycles. The van der Waals surface area contributed by atoms with Gasteiger partial charge in [0.2, 0.25) is 0 Å². The van der Waals surface area contributed by atoms with Gasteiger partial charge in [-0.25, -0.2) is 0 Å². The van der Waals surface area contributed by atoms with Crippen LogP contribution < -0.4 is 0 Å². The molecule has 0 bridgehead atoms. The van der Waals surface area contributed by atoms with E-state index in [1.165, 1.54) is 5.56 Å². The second-order valence-corrected chi connectivity index (χ2v) is 2.92. The highest BCUT2D eigenvalue weighted by molar-refractivity contribution is 7.80. The SMILES string of the molecule is SCCc1ccccc1Cl. The van der Waals surface area contributed by atoms with Crippen LogP contribution in [0.2, 0.25) is 5.02 Å². The van der Waals surface area contributed by atoms with Gasteiger partial charge in [-0.1, -0.05) is 29.8 Å². The van der Waals surface area contributed by atoms with Crippen LogP contribution in [-0.2, 0) is 6.42 Å². The Labute approximate surface area is 71.6 Å². The van der Waals surface area contributed by atoms with E-state index < -0.39 is 0 Å². The smallest absolute Gasteiger partial charge is 0.0438 e. The lowest BCUT2D eigenvalue weighted by Crippen LogP contribution is -1.85. The molecule has 0 amide bonds. The van der Waals surface area contributed by atoms with Crippen LogP contribution in [0.25, 0.3) is 0 Å². The van der Waals surface area contributed by atoms with E-state index in [1.54, 1.807) is 0 Å². The van der Waals surface area contributed by atoms with Gasteiger partial charge in [-0.3, -0.25) is 0 Å². The Bertz CT molecular complexity index is 210. The topological polar surface area (TPSA) is 0 Å². The van der Waals surface area contributed by atoms with E-state index in [0.717, 1.165) is 17.2 Å². The first-order valence-electron chi connectivity index (χ1n) is 3.19. The molecule has 0 spiro atoms. The zero-order valence-corrected chi connectivity index (χ0v) is 7.20. The summed E-state index contributed by atoms with van der Waals surface area (Å²) in [5.74, 6) is 0.851. The second-order valence-electron chi connectivity index (χ2n) is 2.07. The Morgan fingerprint density at radius 2 is 2.00 bits per heavy atom. The van der Waals surface area contributed by atoms with Gasteiger partial charge in [0.05, 0.1) is 0 Å². The van der Waals surface area contributed by atoms with Gasteiger partial charge in [-0.05, 0) is 23.8 Å². The quantitative estimate of drug-likeness (QED) is 0.652. The third kappa shape index (κ3) is 1.93. The highest BCUT2D eigenvalue weighted by atomic mass is 35.5. The number of rotatable bonds is 2. The molecule has 0 atom stereocenters. The molecule has 0 fully saturated rings. The van der Waals surface area contributed by atoms with E-state index in [2.05, 4.69) is 12.6 Å². The molecule has 0 saturated carbocycles. The van der Waals surface area contributed by atoms with E-state index in [9.17, 15) is 0 Å². The van der Waals surface area contributed by atoms with Crippen molar-refractivity contribution in [2.24, 2.45) is 0 Å². The van der Waals surface area contributed by atoms with E-state index in [1.807, 2.05) is 24.3 Å². The lowest BCUT2D eigenvalue weighted by atomic mass is 10.2. The van der Waals surface area contributed by atoms with Crippen molar-refractivity contribution >= 4 is 24.2 Å². The first-order chi connectivity index (χ1) is 4.84. The van der Waals surface area contributed by atoms with Crippen LogP contribution in [0.4, 0.5) is 0 Å². The summed E-state index contributed by atoms with van der Waals surface area (Å²) >= 11 is 9.99. The van der Waals surface area contributed by atoms with Gasteiger partial charge < -0.3 is 0 Å². The third-order valence-corrected chi connectivity index (χ3v) is 1.93. The largest absolute Gasteiger partial charge is 0.179 e. The first-order valence-corrected chi connectivity index (χ1v) is 4.20. The van der Waals surface area contributed by atoms with E-state index in [4.69, 9.17) is 11.6 Å². The molecule has 2 heteroatoms. The maximum Gasteiger partial charge on any atom is 0.0438 e. The third-order valence-electron chi connectivity index (χ3n) is 1.34. The molecule has 0 heterocycles. The predicted octanol–water partition coefficient (Wildman–Crippen LogP) is 2.81. The number of hydrogen-bond acceptors (Lipinski definition) is 1. The standard InChI is InChI=1S/C8H9ClS/c9-8-4-2-1-3-7(8)5-6-10/h1-4,10H,5-6H2. The Kier molecular flexibility index (Phi) is 3.10. The molecule has 10 heavy (non-hydrogen) atoms. The molecule has 1 rings (SSSR count). The fourth-order valence-corrected chi connectivity index (χ4v) is 1.29. The van der Waals surface area contributed by atoms with Gasteiger partial charge in [-0.2, -0.15) is 12.6 Å². The highest BCUT2D eigenvalue weighted by Crippen LogP contribution is 2.15. The van der Waals surface area contributed by atoms with Crippen molar-refractivity contribution in [3.63, 3.8) is 0 Å². The molecule has 0 nitrogen and oxygen atoms in total. The molecule has 0 aliphatic heterocycles. The zero-order valence-electron chi connectivity index (χ0n) is 5.55. The molecular formula is C8H9ClS. The number of aryl methyl sites for hydroxylation is 1. The summed E-state index contributed by atoms with van der Waals surface area (Å²) in [4.78, 5) is 0. The van der Waals surface area contributed by atoms with E-state index in [-0.39, 0.29) is 0 Å². The lowest BCUT2D eigenvalue weighted by Gasteiger charge is -1.98. The van der Waals surface area contributed by atoms with Crippen LogP contribution in [0.5, 0.6) is 0 Å². The van der Waals surface area contributed by atoms with Crippen LogP contribution in [0.15, 0.2) is 24.3 Å². The minimum atomic E-state index is 0.844. The van der Waals surface area contributed by atoms with Crippen molar-refractivity contribution < 1.29 is 0 Å². The van der Waals surface area contributed by atoms with Crippen molar-refractivity contribution in [3.8, 4) is 0 Å². The highest BCUT2D eigenvalue weighted by Gasteiger charge is 1.94. The molecule has 1 aromatic rings. The normalized spacial score (nSPS) is 9.80. The van der Waals surface area contributed by atoms with Crippen molar-refractivity contribution in [2.45, 2.75) is 6.42 Å². The molecule has 0 aliphatic carbocycles. The number of benzene rings is 1. The Morgan fingerprint density at radius 3 is 2.60 bits per heavy atom. The molecule has 0 N–H and O–H groups in total. The van der Waals surface area contributed by atoms with Crippen molar-refractivity contribution in [1.29, 1.82) is 0 Å². The Balaban J connectivity index is 2.81. The van der Waals surface area contributed by atoms with Gasteiger partial charge in [-0.15, -0.1) is 0 Å². The minimum absolute atomic E-state index is 0.844. The van der Waals surface area contributed by atoms with Gasteiger partial charge in [0.25, 0.3) is 0 Å². The monoisotopic (exact) mass is 172 g/mol. The van der Waals surface area contributed by atoms with Crippen LogP contribution >= 0.6 is 24.2 Å². The zero-order chi connectivity index (χ0) is 7.40. The molecular weight excluding hydrogens is 164 g/mol. The van der Waals surface area contributed by atoms with Crippen LogP contribution in [0, 0.1) is 0 Å². The fourth-order valence-electron chi connectivity index (χ4n) is 0.822. The van der Waals surface area contributed by atoms with Gasteiger partial charge in [0.15, 0.2) is 0 Å². The maximum absolute atomic E-state index is 5.87. The Morgan fingerprint density at radius 1 is 1.30 bits per heavy atom. The molecule has 0 unspecified atom stereocenters. The maximum atomic E-state index is 5.87. The fraction of sp³-hybridized carbons (Fsp3) is 0.250. The van der Waals surface area contributed by atoms with Crippen molar-refractivity contribution in [2.75, 3.05) is 5.75 Å². The summed E-state index contributed by atoms with van der Waals surface area (Å²) in [6.07, 6.45) is 0.947. The summed E-state index contributed by atoms with van der Waals surface area (Å²) in [6, 6.07) is 7.86. The van der Waals surface area contributed by atoms with Crippen molar-refractivity contribution in [3.05, 3.63) is 34.9 Å². The van der Waals surface area contributed by atoms with Gasteiger partial charge in [0.1, 0.15) is 0 Å². The molecule has 0 aliphatic rings. The summed E-state index contributed by atoms with van der Waals surface area (Å²) in [5, 5.41) is 0.844. The summed E-state index contributed by atoms with van der Waals surface area (Å²) in [7, 11) is 0. The molecule has 54 valence electrons. The van der Waals surface area contributed by atoms with Crippen LogP contribution in [0.3, 0.4) is 0 Å². The molecule has 0 radical (unpaired) electrons. The average Bonchev–Trinajstić information content (AvgIpc) is 1.94. The number of thiol groups is 1. The lowest BCUT2D eigenvalue weighted by molar-refractivity contribution is 1.16. The van der Waals surface area contributed by atoms with Gasteiger partial charge in [0, 0.05) is 5.02 Å². The van der Waals surface area contributed by atoms with Gasteiger partial charge >= 0.3 is 0 Å². The molecule has 0 saturated heterocycles. The van der Waals surface area contributed by atoms with Crippen LogP contribution in [0.1, 0.15) is 5.56 Å². The van der Waals surface area contributed by atoms with E-state index in [0.29, 0.717) is 0 Å². The minimum Gasteiger partial charge on any atom is -0.179 e. The Hall–Kier alpha value is -0.140. The first kappa shape index (κ1) is 7.96.